The van der Waals surface area contributed by atoms with Crippen LogP contribution in [0.15, 0.2) is 20.8 Å². The number of rotatable bonds is 0. The third kappa shape index (κ3) is 2.81. The Kier molecular flexibility index (Phi) is 3.93. The van der Waals surface area contributed by atoms with Gasteiger partial charge in [0.25, 0.3) is 0 Å². The van der Waals surface area contributed by atoms with Gasteiger partial charge in [0.2, 0.25) is 0 Å². The van der Waals surface area contributed by atoms with E-state index in [1.807, 2.05) is 13.0 Å². The van der Waals surface area contributed by atoms with Gasteiger partial charge in [-0.05, 0) is 28.8 Å². The Morgan fingerprint density at radius 1 is 1.77 bits per heavy atom. The first kappa shape index (κ1) is 10.7. The number of allylic oxidation sites excluding steroid dienone is 1. The third-order valence-corrected chi connectivity index (χ3v) is 2.71. The molecule has 2 N–H and O–H groups in total. The molecule has 1 unspecified atom stereocenters. The predicted molar refractivity (Wildman–Crippen MR) is 60.3 cm³/mol. The molecule has 5 heteroatoms. The van der Waals surface area contributed by atoms with Crippen molar-refractivity contribution in [2.75, 3.05) is 0 Å². The Bertz CT molecular complexity index is 283. The van der Waals surface area contributed by atoms with E-state index in [-0.39, 0.29) is 5.92 Å². The van der Waals surface area contributed by atoms with Crippen LogP contribution < -0.4 is 5.84 Å². The molecule has 3 nitrogen and oxygen atoms in total. The molecule has 0 fully saturated rings. The summed E-state index contributed by atoms with van der Waals surface area (Å²) >= 11 is 9.20. The van der Waals surface area contributed by atoms with Gasteiger partial charge in [-0.2, -0.15) is 5.10 Å². The first-order valence-electron chi connectivity index (χ1n) is 4.03. The van der Waals surface area contributed by atoms with Crippen molar-refractivity contribution in [1.29, 1.82) is 0 Å². The minimum Gasteiger partial charge on any atom is -0.323 e. The number of nitrogens with two attached hydrogens (primary N) is 1. The van der Waals surface area contributed by atoms with Gasteiger partial charge in [0, 0.05) is 5.92 Å². The molecule has 13 heavy (non-hydrogen) atoms. The van der Waals surface area contributed by atoms with Crippen molar-refractivity contribution >= 4 is 38.4 Å². The minimum absolute atomic E-state index is 0.262. The van der Waals surface area contributed by atoms with E-state index in [0.29, 0.717) is 10.9 Å². The van der Waals surface area contributed by atoms with Crippen molar-refractivity contribution in [3.63, 3.8) is 0 Å². The quantitative estimate of drug-likeness (QED) is 0.408. The molecule has 1 aliphatic rings. The van der Waals surface area contributed by atoms with E-state index in [9.17, 15) is 0 Å². The van der Waals surface area contributed by atoms with E-state index in [4.69, 9.17) is 17.4 Å². The predicted octanol–water partition coefficient (Wildman–Crippen LogP) is 2.60. The van der Waals surface area contributed by atoms with Gasteiger partial charge in [-0.15, -0.1) is 0 Å². The molecule has 1 heterocycles. The van der Waals surface area contributed by atoms with Gasteiger partial charge in [0.05, 0.1) is 0 Å². The van der Waals surface area contributed by atoms with E-state index < -0.39 is 0 Å². The van der Waals surface area contributed by atoms with Gasteiger partial charge in [-0.3, -0.25) is 0 Å². The van der Waals surface area contributed by atoms with Crippen molar-refractivity contribution in [2.24, 2.45) is 21.9 Å². The average Bonchev–Trinajstić information content (AvgIpc) is 2.03. The Morgan fingerprint density at radius 2 is 2.46 bits per heavy atom. The summed E-state index contributed by atoms with van der Waals surface area (Å²) in [6.45, 7) is 2.04. The number of halogens is 2. The maximum atomic E-state index is 5.92. The summed E-state index contributed by atoms with van der Waals surface area (Å²) in [6.07, 6.45) is 3.93. The maximum absolute atomic E-state index is 5.92. The number of hydrogen-bond acceptors (Lipinski definition) is 3. The van der Waals surface area contributed by atoms with Crippen molar-refractivity contribution in [3.05, 3.63) is 10.7 Å². The molecule has 0 aromatic heterocycles. The van der Waals surface area contributed by atoms with Crippen LogP contribution in [0.1, 0.15) is 19.8 Å². The normalized spacial score (nSPS) is 35.6. The zero-order valence-corrected chi connectivity index (χ0v) is 9.64. The number of nitrogens with zero attached hydrogens (tertiary/aromatic N) is 2. The van der Waals surface area contributed by atoms with E-state index in [1.165, 1.54) is 0 Å². The van der Waals surface area contributed by atoms with Gasteiger partial charge in [0.15, 0.2) is 5.17 Å². The maximum Gasteiger partial charge on any atom is 0.153 e. The van der Waals surface area contributed by atoms with Crippen molar-refractivity contribution in [3.8, 4) is 0 Å². The fraction of sp³-hybridized carbons (Fsp3) is 0.500. The molecule has 0 aliphatic carbocycles. The smallest absolute Gasteiger partial charge is 0.153 e. The van der Waals surface area contributed by atoms with Gasteiger partial charge < -0.3 is 5.84 Å². The fourth-order valence-electron chi connectivity index (χ4n) is 1.17. The second kappa shape index (κ2) is 4.77. The average molecular weight is 265 g/mol. The highest BCUT2D eigenvalue weighted by molar-refractivity contribution is 9.11. The lowest BCUT2D eigenvalue weighted by molar-refractivity contribution is 0.694. The van der Waals surface area contributed by atoms with Crippen LogP contribution in [-0.4, -0.2) is 10.9 Å². The number of hydrazone groups is 1. The number of aliphatic imine (C=N–C) groups is 1. The largest absolute Gasteiger partial charge is 0.323 e. The molecule has 0 spiro atoms. The molecule has 0 amide bonds. The van der Waals surface area contributed by atoms with Gasteiger partial charge >= 0.3 is 0 Å². The summed E-state index contributed by atoms with van der Waals surface area (Å²) in [4.78, 5) is 4.09. The Hall–Kier alpha value is -0.350. The molecule has 0 bridgehead atoms. The molecule has 0 saturated carbocycles. The Balaban J connectivity index is 2.99. The van der Waals surface area contributed by atoms with Crippen molar-refractivity contribution < 1.29 is 0 Å². The summed E-state index contributed by atoms with van der Waals surface area (Å²) in [5.41, 5.74) is 0.673. The second-order valence-electron chi connectivity index (χ2n) is 2.92. The molecule has 0 radical (unpaired) electrons. The molecule has 1 atom stereocenters. The van der Waals surface area contributed by atoms with E-state index in [0.717, 1.165) is 17.4 Å². The van der Waals surface area contributed by atoms with Crippen molar-refractivity contribution in [2.45, 2.75) is 19.8 Å². The Labute approximate surface area is 90.9 Å². The van der Waals surface area contributed by atoms with Crippen LogP contribution in [0.4, 0.5) is 0 Å². The highest BCUT2D eigenvalue weighted by atomic mass is 79.9. The molecule has 0 aromatic rings. The van der Waals surface area contributed by atoms with Crippen LogP contribution in [-0.2, 0) is 0 Å². The van der Waals surface area contributed by atoms with Crippen LogP contribution in [0.25, 0.3) is 0 Å². The standard InChI is InChI=1S/C8H11BrClN3/c1-5-3-2-4-6(9)12-8(10)7(5)13-11/h4-5H,2-3,11H2,1H3/b6-4-,12-8+,13-7-. The van der Waals surface area contributed by atoms with E-state index in [2.05, 4.69) is 26.0 Å². The summed E-state index contributed by atoms with van der Waals surface area (Å²) in [7, 11) is 0. The van der Waals surface area contributed by atoms with Gasteiger partial charge in [-0.1, -0.05) is 24.6 Å². The topological polar surface area (TPSA) is 50.7 Å². The van der Waals surface area contributed by atoms with Gasteiger partial charge in [0.1, 0.15) is 10.3 Å². The molecule has 1 aliphatic heterocycles. The van der Waals surface area contributed by atoms with Gasteiger partial charge in [-0.25, -0.2) is 4.99 Å². The summed E-state index contributed by atoms with van der Waals surface area (Å²) in [5.74, 6) is 5.50. The lowest BCUT2D eigenvalue weighted by atomic mass is 9.99. The molecule has 0 aromatic carbocycles. The second-order valence-corrected chi connectivity index (χ2v) is 4.09. The van der Waals surface area contributed by atoms with Crippen LogP contribution in [0.3, 0.4) is 0 Å². The summed E-state index contributed by atoms with van der Waals surface area (Å²) in [6, 6.07) is 0. The summed E-state index contributed by atoms with van der Waals surface area (Å²) in [5, 5.41) is 4.02. The zero-order chi connectivity index (χ0) is 9.84. The van der Waals surface area contributed by atoms with E-state index in [1.54, 1.807) is 0 Å². The van der Waals surface area contributed by atoms with Crippen LogP contribution in [0.2, 0.25) is 0 Å². The summed E-state index contributed by atoms with van der Waals surface area (Å²) < 4.78 is 0.741. The molecule has 1 rings (SSSR count). The lowest BCUT2D eigenvalue weighted by Gasteiger charge is -2.13. The first-order valence-corrected chi connectivity index (χ1v) is 5.20. The van der Waals surface area contributed by atoms with Crippen molar-refractivity contribution in [1.82, 2.24) is 0 Å². The van der Waals surface area contributed by atoms with Crippen LogP contribution in [0.5, 0.6) is 0 Å². The SMILES string of the molecule is CC1CC\C=C(Br)/N=C(Cl)\C1=N/N. The fourth-order valence-corrected chi connectivity index (χ4v) is 2.00. The third-order valence-electron chi connectivity index (χ3n) is 1.93. The highest BCUT2D eigenvalue weighted by Gasteiger charge is 2.16. The monoisotopic (exact) mass is 263 g/mol. The van der Waals surface area contributed by atoms with E-state index >= 15 is 0 Å². The zero-order valence-electron chi connectivity index (χ0n) is 7.30. The van der Waals surface area contributed by atoms with Crippen LogP contribution in [0, 0.1) is 5.92 Å². The minimum atomic E-state index is 0.262. The number of hydrogen-bond donors (Lipinski definition) is 1. The Morgan fingerprint density at radius 3 is 3.08 bits per heavy atom. The first-order chi connectivity index (χ1) is 6.15. The molecular weight excluding hydrogens is 253 g/mol. The highest BCUT2D eigenvalue weighted by Crippen LogP contribution is 2.19. The molecule has 72 valence electrons. The molecule has 0 saturated heterocycles. The molecular formula is C8H11BrClN3. The van der Waals surface area contributed by atoms with Crippen LogP contribution >= 0.6 is 27.5 Å². The lowest BCUT2D eigenvalue weighted by Crippen LogP contribution is -2.20.